The number of ether oxygens (including phenoxy) is 1. The minimum absolute atomic E-state index is 0.00492. The van der Waals surface area contributed by atoms with Gasteiger partial charge in [0.25, 0.3) is 0 Å². The fraction of sp³-hybridized carbons (Fsp3) is 0.952. The van der Waals surface area contributed by atoms with Gasteiger partial charge in [0.1, 0.15) is 0 Å². The minimum atomic E-state index is -0.00492. The summed E-state index contributed by atoms with van der Waals surface area (Å²) in [7, 11) is 0. The van der Waals surface area contributed by atoms with Crippen LogP contribution in [0.5, 0.6) is 0 Å². The number of esters is 1. The SMILES string of the molecule is CCCCCC(CCCCC)CCOC(=O)CCCCCCCN. The van der Waals surface area contributed by atoms with Crippen LogP contribution in [0.4, 0.5) is 0 Å². The molecule has 3 heteroatoms. The van der Waals surface area contributed by atoms with E-state index in [4.69, 9.17) is 10.5 Å². The van der Waals surface area contributed by atoms with Gasteiger partial charge in [-0.3, -0.25) is 4.79 Å². The average molecular weight is 342 g/mol. The molecule has 2 N–H and O–H groups in total. The van der Waals surface area contributed by atoms with Crippen molar-refractivity contribution in [1.29, 1.82) is 0 Å². The van der Waals surface area contributed by atoms with Gasteiger partial charge in [-0.15, -0.1) is 0 Å². The van der Waals surface area contributed by atoms with Crippen LogP contribution in [-0.2, 0) is 9.53 Å². The second kappa shape index (κ2) is 18.8. The molecule has 0 aromatic carbocycles. The Balaban J connectivity index is 3.71. The smallest absolute Gasteiger partial charge is 0.305 e. The third kappa shape index (κ3) is 16.3. The van der Waals surface area contributed by atoms with Gasteiger partial charge >= 0.3 is 5.97 Å². The molecule has 3 nitrogen and oxygen atoms in total. The van der Waals surface area contributed by atoms with E-state index < -0.39 is 0 Å². The summed E-state index contributed by atoms with van der Waals surface area (Å²) >= 11 is 0. The first kappa shape index (κ1) is 23.4. The molecule has 0 radical (unpaired) electrons. The lowest BCUT2D eigenvalue weighted by Crippen LogP contribution is -2.10. The van der Waals surface area contributed by atoms with Crippen LogP contribution in [0.25, 0.3) is 0 Å². The first-order chi connectivity index (χ1) is 11.7. The van der Waals surface area contributed by atoms with Gasteiger partial charge in [0.15, 0.2) is 0 Å². The van der Waals surface area contributed by atoms with Gasteiger partial charge in [-0.25, -0.2) is 0 Å². The van der Waals surface area contributed by atoms with Crippen LogP contribution < -0.4 is 5.73 Å². The number of unbranched alkanes of at least 4 members (excludes halogenated alkanes) is 8. The molecule has 24 heavy (non-hydrogen) atoms. The molecule has 0 fully saturated rings. The minimum Gasteiger partial charge on any atom is -0.466 e. The van der Waals surface area contributed by atoms with Crippen LogP contribution >= 0.6 is 0 Å². The third-order valence-electron chi connectivity index (χ3n) is 4.81. The van der Waals surface area contributed by atoms with Crippen molar-refractivity contribution in [2.24, 2.45) is 11.7 Å². The Kier molecular flexibility index (Phi) is 18.3. The molecule has 0 saturated heterocycles. The summed E-state index contributed by atoms with van der Waals surface area (Å²) in [5.74, 6) is 0.738. The standard InChI is InChI=1S/C21H43NO2/c1-3-5-10-14-20(15-11-6-4-2)17-19-24-21(23)16-12-8-7-9-13-18-22/h20H,3-19,22H2,1-2H3. The van der Waals surface area contributed by atoms with Gasteiger partial charge in [0.05, 0.1) is 6.61 Å². The summed E-state index contributed by atoms with van der Waals surface area (Å²) in [6, 6.07) is 0. The van der Waals surface area contributed by atoms with E-state index in [0.717, 1.165) is 38.1 Å². The Bertz CT molecular complexity index is 259. The summed E-state index contributed by atoms with van der Waals surface area (Å²) in [4.78, 5) is 11.8. The van der Waals surface area contributed by atoms with Crippen molar-refractivity contribution in [3.63, 3.8) is 0 Å². The molecule has 0 bridgehead atoms. The molecule has 0 aromatic heterocycles. The van der Waals surface area contributed by atoms with E-state index >= 15 is 0 Å². The molecule has 0 unspecified atom stereocenters. The molecule has 0 rings (SSSR count). The lowest BCUT2D eigenvalue weighted by molar-refractivity contribution is -0.144. The van der Waals surface area contributed by atoms with Crippen LogP contribution in [0.1, 0.15) is 110 Å². The van der Waals surface area contributed by atoms with E-state index in [9.17, 15) is 4.79 Å². The van der Waals surface area contributed by atoms with E-state index in [1.807, 2.05) is 0 Å². The second-order valence-electron chi connectivity index (χ2n) is 7.17. The van der Waals surface area contributed by atoms with Crippen molar-refractivity contribution in [3.05, 3.63) is 0 Å². The molecular formula is C21H43NO2. The molecule has 0 amide bonds. The van der Waals surface area contributed by atoms with E-state index in [2.05, 4.69) is 13.8 Å². The molecule has 0 aliphatic carbocycles. The highest BCUT2D eigenvalue weighted by Gasteiger charge is 2.10. The zero-order valence-electron chi connectivity index (χ0n) is 16.5. The predicted molar refractivity (Wildman–Crippen MR) is 104 cm³/mol. The molecule has 144 valence electrons. The number of hydrogen-bond acceptors (Lipinski definition) is 3. The number of carbonyl (C=O) groups is 1. The molecule has 0 aromatic rings. The molecule has 0 aliphatic heterocycles. The van der Waals surface area contributed by atoms with Crippen LogP contribution in [0.15, 0.2) is 0 Å². The Morgan fingerprint density at radius 1 is 0.792 bits per heavy atom. The zero-order chi connectivity index (χ0) is 17.9. The molecule has 0 spiro atoms. The Morgan fingerprint density at radius 2 is 1.38 bits per heavy atom. The van der Waals surface area contributed by atoms with Crippen molar-refractivity contribution in [3.8, 4) is 0 Å². The predicted octanol–water partition coefficient (Wildman–Crippen LogP) is 6.00. The van der Waals surface area contributed by atoms with Crippen LogP contribution in [0.2, 0.25) is 0 Å². The summed E-state index contributed by atoms with van der Waals surface area (Å²) in [6.07, 6.45) is 17.6. The van der Waals surface area contributed by atoms with E-state index in [1.54, 1.807) is 0 Å². The normalized spacial score (nSPS) is 11.2. The van der Waals surface area contributed by atoms with Gasteiger partial charge < -0.3 is 10.5 Å². The third-order valence-corrected chi connectivity index (χ3v) is 4.81. The first-order valence-corrected chi connectivity index (χ1v) is 10.6. The Morgan fingerprint density at radius 3 is 1.96 bits per heavy atom. The number of nitrogens with two attached hydrogens (primary N) is 1. The van der Waals surface area contributed by atoms with Gasteiger partial charge in [0, 0.05) is 6.42 Å². The maximum absolute atomic E-state index is 11.8. The lowest BCUT2D eigenvalue weighted by Gasteiger charge is -2.16. The molecular weight excluding hydrogens is 298 g/mol. The highest BCUT2D eigenvalue weighted by Crippen LogP contribution is 2.21. The maximum Gasteiger partial charge on any atom is 0.305 e. The largest absolute Gasteiger partial charge is 0.466 e. The number of carbonyl (C=O) groups excluding carboxylic acids is 1. The van der Waals surface area contributed by atoms with Gasteiger partial charge in [0.2, 0.25) is 0 Å². The van der Waals surface area contributed by atoms with E-state index in [1.165, 1.54) is 64.2 Å². The van der Waals surface area contributed by atoms with Crippen LogP contribution in [-0.4, -0.2) is 19.1 Å². The van der Waals surface area contributed by atoms with E-state index in [0.29, 0.717) is 13.0 Å². The molecule has 0 saturated carbocycles. The second-order valence-corrected chi connectivity index (χ2v) is 7.17. The summed E-state index contributed by atoms with van der Waals surface area (Å²) in [5, 5.41) is 0. The first-order valence-electron chi connectivity index (χ1n) is 10.6. The molecule has 0 atom stereocenters. The van der Waals surface area contributed by atoms with E-state index in [-0.39, 0.29) is 5.97 Å². The Hall–Kier alpha value is -0.570. The van der Waals surface area contributed by atoms with Crippen molar-refractivity contribution < 1.29 is 9.53 Å². The summed E-state index contributed by atoms with van der Waals surface area (Å²) in [6.45, 7) is 5.91. The van der Waals surface area contributed by atoms with Crippen LogP contribution in [0, 0.1) is 5.92 Å². The van der Waals surface area contributed by atoms with Crippen molar-refractivity contribution in [2.75, 3.05) is 13.2 Å². The average Bonchev–Trinajstić information content (AvgIpc) is 2.58. The molecule has 0 heterocycles. The number of rotatable bonds is 18. The van der Waals surface area contributed by atoms with Crippen molar-refractivity contribution >= 4 is 5.97 Å². The fourth-order valence-electron chi connectivity index (χ4n) is 3.15. The number of hydrogen-bond donors (Lipinski definition) is 1. The Labute approximate surface area is 151 Å². The van der Waals surface area contributed by atoms with Gasteiger partial charge in [-0.2, -0.15) is 0 Å². The van der Waals surface area contributed by atoms with Crippen molar-refractivity contribution in [1.82, 2.24) is 0 Å². The highest BCUT2D eigenvalue weighted by atomic mass is 16.5. The zero-order valence-corrected chi connectivity index (χ0v) is 16.5. The highest BCUT2D eigenvalue weighted by molar-refractivity contribution is 5.69. The van der Waals surface area contributed by atoms with Gasteiger partial charge in [-0.05, 0) is 31.7 Å². The summed E-state index contributed by atoms with van der Waals surface area (Å²) < 4.78 is 5.45. The maximum atomic E-state index is 11.8. The fourth-order valence-corrected chi connectivity index (χ4v) is 3.15. The topological polar surface area (TPSA) is 52.3 Å². The summed E-state index contributed by atoms with van der Waals surface area (Å²) in [5.41, 5.74) is 5.47. The van der Waals surface area contributed by atoms with Gasteiger partial charge in [-0.1, -0.05) is 84.5 Å². The molecule has 0 aliphatic rings. The van der Waals surface area contributed by atoms with Crippen LogP contribution in [0.3, 0.4) is 0 Å². The quantitative estimate of drug-likeness (QED) is 0.246. The van der Waals surface area contributed by atoms with Crippen molar-refractivity contribution in [2.45, 2.75) is 110 Å². The monoisotopic (exact) mass is 341 g/mol. The lowest BCUT2D eigenvalue weighted by atomic mass is 9.92.